The molecule has 0 saturated heterocycles. The Bertz CT molecular complexity index is 657. The van der Waals surface area contributed by atoms with Crippen LogP contribution in [0.1, 0.15) is 30.9 Å². The number of aryl methyl sites for hydroxylation is 1. The summed E-state index contributed by atoms with van der Waals surface area (Å²) in [6.07, 6.45) is 2.68. The van der Waals surface area contributed by atoms with Gasteiger partial charge in [0.1, 0.15) is 0 Å². The maximum atomic E-state index is 12.1. The largest absolute Gasteiger partial charge is 0.364 e. The van der Waals surface area contributed by atoms with Gasteiger partial charge in [0.2, 0.25) is 0 Å². The highest BCUT2D eigenvalue weighted by Crippen LogP contribution is 2.23. The van der Waals surface area contributed by atoms with E-state index in [-0.39, 0.29) is 11.5 Å². The van der Waals surface area contributed by atoms with E-state index in [9.17, 15) is 4.79 Å². The van der Waals surface area contributed by atoms with E-state index in [1.807, 2.05) is 11.5 Å². The highest BCUT2D eigenvalue weighted by atomic mass is 16.1. The van der Waals surface area contributed by atoms with E-state index in [2.05, 4.69) is 27.4 Å². The van der Waals surface area contributed by atoms with Crippen LogP contribution in [-0.2, 0) is 6.54 Å². The minimum Gasteiger partial charge on any atom is -0.364 e. The first-order valence-corrected chi connectivity index (χ1v) is 6.57. The summed E-state index contributed by atoms with van der Waals surface area (Å²) < 4.78 is 2.05. The van der Waals surface area contributed by atoms with Crippen molar-refractivity contribution in [1.29, 1.82) is 0 Å². The lowest BCUT2D eigenvalue weighted by Crippen LogP contribution is -2.33. The van der Waals surface area contributed by atoms with E-state index in [1.54, 1.807) is 12.3 Å². The molecule has 2 aromatic heterocycles. The molecule has 3 heterocycles. The van der Waals surface area contributed by atoms with E-state index in [4.69, 9.17) is 0 Å². The standard InChI is InChI=1S/C13H17N5O/c1-3-10-13-17-16-12(18(13)5-4-14-10)9-7-15-8(2)6-11(9)19/h6-7,10,14H,3-5H2,1-2H3,(H,15,19). The van der Waals surface area contributed by atoms with Crippen molar-refractivity contribution in [1.82, 2.24) is 25.1 Å². The molecule has 2 aromatic rings. The summed E-state index contributed by atoms with van der Waals surface area (Å²) in [6.45, 7) is 5.64. The highest BCUT2D eigenvalue weighted by molar-refractivity contribution is 5.54. The molecular formula is C13H17N5O. The molecule has 6 heteroatoms. The second-order valence-corrected chi connectivity index (χ2v) is 4.84. The zero-order chi connectivity index (χ0) is 13.4. The molecule has 100 valence electrons. The molecular weight excluding hydrogens is 242 g/mol. The average Bonchev–Trinajstić information content (AvgIpc) is 2.82. The lowest BCUT2D eigenvalue weighted by molar-refractivity contribution is 0.407. The molecule has 0 bridgehead atoms. The highest BCUT2D eigenvalue weighted by Gasteiger charge is 2.24. The quantitative estimate of drug-likeness (QED) is 0.843. The molecule has 1 aliphatic heterocycles. The van der Waals surface area contributed by atoms with Gasteiger partial charge in [0.15, 0.2) is 17.1 Å². The van der Waals surface area contributed by atoms with Crippen molar-refractivity contribution in [2.75, 3.05) is 6.54 Å². The first kappa shape index (κ1) is 12.1. The smallest absolute Gasteiger partial charge is 0.192 e. The number of aromatic nitrogens is 4. The van der Waals surface area contributed by atoms with Gasteiger partial charge in [-0.05, 0) is 13.3 Å². The fourth-order valence-electron chi connectivity index (χ4n) is 2.51. The molecule has 0 saturated carbocycles. The fourth-order valence-corrected chi connectivity index (χ4v) is 2.51. The van der Waals surface area contributed by atoms with Gasteiger partial charge in [-0.3, -0.25) is 4.79 Å². The molecule has 1 atom stereocenters. The van der Waals surface area contributed by atoms with Crippen molar-refractivity contribution >= 4 is 0 Å². The Morgan fingerprint density at radius 3 is 3.05 bits per heavy atom. The predicted molar refractivity (Wildman–Crippen MR) is 71.9 cm³/mol. The Morgan fingerprint density at radius 2 is 2.32 bits per heavy atom. The Morgan fingerprint density at radius 1 is 1.47 bits per heavy atom. The van der Waals surface area contributed by atoms with Gasteiger partial charge in [-0.1, -0.05) is 6.92 Å². The first-order chi connectivity index (χ1) is 9.20. The minimum absolute atomic E-state index is 0.0157. The maximum Gasteiger partial charge on any atom is 0.192 e. The van der Waals surface area contributed by atoms with Crippen molar-refractivity contribution in [2.24, 2.45) is 0 Å². The van der Waals surface area contributed by atoms with E-state index in [1.165, 1.54) is 0 Å². The van der Waals surface area contributed by atoms with Crippen molar-refractivity contribution in [2.45, 2.75) is 32.9 Å². The molecule has 0 aromatic carbocycles. The third kappa shape index (κ3) is 1.98. The van der Waals surface area contributed by atoms with E-state index in [0.717, 1.165) is 31.0 Å². The van der Waals surface area contributed by atoms with E-state index >= 15 is 0 Å². The maximum absolute atomic E-state index is 12.1. The number of aromatic amines is 1. The van der Waals surface area contributed by atoms with Gasteiger partial charge in [0.25, 0.3) is 0 Å². The molecule has 1 aliphatic rings. The Labute approximate surface area is 110 Å². The van der Waals surface area contributed by atoms with Gasteiger partial charge in [-0.2, -0.15) is 0 Å². The molecule has 0 fully saturated rings. The monoisotopic (exact) mass is 259 g/mol. The number of H-pyrrole nitrogens is 1. The number of hydrogen-bond donors (Lipinski definition) is 2. The summed E-state index contributed by atoms with van der Waals surface area (Å²) in [5.74, 6) is 1.58. The summed E-state index contributed by atoms with van der Waals surface area (Å²) in [5, 5.41) is 11.9. The van der Waals surface area contributed by atoms with Crippen LogP contribution in [0.4, 0.5) is 0 Å². The topological polar surface area (TPSA) is 75.6 Å². The van der Waals surface area contributed by atoms with Gasteiger partial charge < -0.3 is 14.9 Å². The van der Waals surface area contributed by atoms with Crippen LogP contribution in [0.3, 0.4) is 0 Å². The SMILES string of the molecule is CCC1NCCn2c(-c3c[nH]c(C)cc3=O)nnc21. The molecule has 0 aliphatic carbocycles. The van der Waals surface area contributed by atoms with E-state index in [0.29, 0.717) is 11.4 Å². The average molecular weight is 259 g/mol. The zero-order valence-electron chi connectivity index (χ0n) is 11.1. The van der Waals surface area contributed by atoms with Gasteiger partial charge in [-0.25, -0.2) is 0 Å². The molecule has 19 heavy (non-hydrogen) atoms. The molecule has 2 N–H and O–H groups in total. The number of nitrogens with one attached hydrogen (secondary N) is 2. The van der Waals surface area contributed by atoms with Crippen molar-refractivity contribution in [3.63, 3.8) is 0 Å². The Balaban J connectivity index is 2.12. The number of pyridine rings is 1. The number of fused-ring (bicyclic) bond motifs is 1. The normalized spacial score (nSPS) is 18.3. The molecule has 6 nitrogen and oxygen atoms in total. The van der Waals surface area contributed by atoms with Crippen LogP contribution in [-0.4, -0.2) is 26.3 Å². The second kappa shape index (κ2) is 4.62. The molecule has 0 amide bonds. The Hall–Kier alpha value is -1.95. The second-order valence-electron chi connectivity index (χ2n) is 4.84. The lowest BCUT2D eigenvalue weighted by atomic mass is 10.1. The lowest BCUT2D eigenvalue weighted by Gasteiger charge is -2.23. The summed E-state index contributed by atoms with van der Waals surface area (Å²) in [4.78, 5) is 15.1. The van der Waals surface area contributed by atoms with Crippen LogP contribution in [0.2, 0.25) is 0 Å². The van der Waals surface area contributed by atoms with Crippen LogP contribution in [0.15, 0.2) is 17.1 Å². The Kier molecular flexibility index (Phi) is 2.94. The first-order valence-electron chi connectivity index (χ1n) is 6.57. The molecule has 1 unspecified atom stereocenters. The van der Waals surface area contributed by atoms with Crippen LogP contribution in [0.25, 0.3) is 11.4 Å². The number of rotatable bonds is 2. The molecule has 3 rings (SSSR count). The third-order valence-electron chi connectivity index (χ3n) is 3.52. The van der Waals surface area contributed by atoms with Crippen molar-refractivity contribution < 1.29 is 0 Å². The van der Waals surface area contributed by atoms with E-state index < -0.39 is 0 Å². The van der Waals surface area contributed by atoms with Gasteiger partial charge >= 0.3 is 0 Å². The van der Waals surface area contributed by atoms with Crippen molar-refractivity contribution in [3.05, 3.63) is 34.0 Å². The minimum atomic E-state index is -0.0157. The van der Waals surface area contributed by atoms with Gasteiger partial charge in [0.05, 0.1) is 11.6 Å². The third-order valence-corrected chi connectivity index (χ3v) is 3.52. The zero-order valence-corrected chi connectivity index (χ0v) is 11.1. The number of hydrogen-bond acceptors (Lipinski definition) is 4. The summed E-state index contributed by atoms with van der Waals surface area (Å²) in [5.41, 5.74) is 1.42. The molecule has 0 radical (unpaired) electrons. The summed E-state index contributed by atoms with van der Waals surface area (Å²) in [7, 11) is 0. The van der Waals surface area contributed by atoms with Gasteiger partial charge in [-0.15, -0.1) is 10.2 Å². The van der Waals surface area contributed by atoms with Crippen molar-refractivity contribution in [3.8, 4) is 11.4 Å². The fraction of sp³-hybridized carbons (Fsp3) is 0.462. The summed E-state index contributed by atoms with van der Waals surface area (Å²) >= 11 is 0. The molecule has 0 spiro atoms. The predicted octanol–water partition coefficient (Wildman–Crippen LogP) is 0.996. The van der Waals surface area contributed by atoms with Crippen LogP contribution in [0.5, 0.6) is 0 Å². The summed E-state index contributed by atoms with van der Waals surface area (Å²) in [6, 6.07) is 1.81. The van der Waals surface area contributed by atoms with Crippen LogP contribution in [0, 0.1) is 6.92 Å². The van der Waals surface area contributed by atoms with Crippen LogP contribution >= 0.6 is 0 Å². The van der Waals surface area contributed by atoms with Gasteiger partial charge in [0, 0.05) is 31.0 Å². The number of nitrogens with zero attached hydrogens (tertiary/aromatic N) is 3. The van der Waals surface area contributed by atoms with Crippen LogP contribution < -0.4 is 10.7 Å².